The first-order chi connectivity index (χ1) is 5.31. The Bertz CT molecular complexity index is 155. The first-order valence-corrected chi connectivity index (χ1v) is 4.36. The van der Waals surface area contributed by atoms with Crippen LogP contribution in [0.5, 0.6) is 0 Å². The quantitative estimate of drug-likeness (QED) is 0.414. The van der Waals surface area contributed by atoms with Gasteiger partial charge in [0, 0.05) is 5.41 Å². The van der Waals surface area contributed by atoms with E-state index < -0.39 is 0 Å². The minimum absolute atomic E-state index is 0. The summed E-state index contributed by atoms with van der Waals surface area (Å²) >= 11 is 0. The first-order valence-electron chi connectivity index (χ1n) is 4.36. The van der Waals surface area contributed by atoms with Crippen LogP contribution in [0.4, 0.5) is 0 Å². The van der Waals surface area contributed by atoms with Crippen molar-refractivity contribution in [3.8, 4) is 0 Å². The Labute approximate surface area is 98.0 Å². The molecule has 0 aliphatic carbocycles. The summed E-state index contributed by atoms with van der Waals surface area (Å²) in [5.74, 6) is 0. The molecule has 0 amide bonds. The summed E-state index contributed by atoms with van der Waals surface area (Å²) in [6.07, 6.45) is -0.0991. The van der Waals surface area contributed by atoms with E-state index in [1.807, 2.05) is 0 Å². The third-order valence-electron chi connectivity index (χ3n) is 1.87. The number of ether oxygens (including phenoxy) is 2. The summed E-state index contributed by atoms with van der Waals surface area (Å²) in [7, 11) is 6.22. The molecule has 80 valence electrons. The van der Waals surface area contributed by atoms with E-state index in [-0.39, 0.29) is 35.8 Å². The number of nitrogens with zero attached hydrogens (tertiary/aromatic N) is 1. The van der Waals surface area contributed by atoms with E-state index in [1.54, 1.807) is 0 Å². The second-order valence-corrected chi connectivity index (χ2v) is 5.21. The van der Waals surface area contributed by atoms with Gasteiger partial charge in [0.15, 0.2) is 0 Å². The molecule has 1 rings (SSSR count). The van der Waals surface area contributed by atoms with Crippen molar-refractivity contribution in [1.82, 2.24) is 0 Å². The van der Waals surface area contributed by atoms with Gasteiger partial charge in [0.25, 0.3) is 0 Å². The van der Waals surface area contributed by atoms with Gasteiger partial charge in [-0.05, 0) is 0 Å². The summed E-state index contributed by atoms with van der Waals surface area (Å²) in [6, 6.07) is 0. The lowest BCUT2D eigenvalue weighted by Gasteiger charge is -2.40. The molecule has 0 spiro atoms. The molecule has 0 aromatic carbocycles. The topological polar surface area (TPSA) is 18.5 Å². The zero-order valence-electron chi connectivity index (χ0n) is 9.13. The second-order valence-electron chi connectivity index (χ2n) is 5.21. The Kier molecular flexibility index (Phi) is 4.63. The Morgan fingerprint density at radius 2 is 1.46 bits per heavy atom. The monoisotopic (exact) mass is 301 g/mol. The van der Waals surface area contributed by atoms with Gasteiger partial charge in [-0.25, -0.2) is 0 Å². The predicted molar refractivity (Wildman–Crippen MR) is 47.5 cm³/mol. The Hall–Kier alpha value is 0.610. The molecule has 3 nitrogen and oxygen atoms in total. The number of quaternary nitrogens is 1. The molecule has 1 aliphatic rings. The molecule has 1 aliphatic heterocycles. The largest absolute Gasteiger partial charge is 1.00 e. The third kappa shape index (κ3) is 4.10. The summed E-state index contributed by atoms with van der Waals surface area (Å²) in [5.41, 5.74) is 0.172. The normalized spacial score (nSPS) is 23.8. The number of hydrogen-bond donors (Lipinski definition) is 0. The van der Waals surface area contributed by atoms with Crippen LogP contribution in [0.15, 0.2) is 0 Å². The summed E-state index contributed by atoms with van der Waals surface area (Å²) < 4.78 is 11.9. The minimum atomic E-state index is -0.0991. The van der Waals surface area contributed by atoms with Gasteiger partial charge in [-0.1, -0.05) is 13.8 Å². The molecule has 0 bridgehead atoms. The van der Waals surface area contributed by atoms with Gasteiger partial charge >= 0.3 is 6.41 Å². The van der Waals surface area contributed by atoms with Crippen LogP contribution in [0, 0.1) is 5.41 Å². The highest BCUT2D eigenvalue weighted by molar-refractivity contribution is 4.69. The van der Waals surface area contributed by atoms with Crippen molar-refractivity contribution in [3.05, 3.63) is 0 Å². The van der Waals surface area contributed by atoms with Crippen LogP contribution in [0.3, 0.4) is 0 Å². The lowest BCUT2D eigenvalue weighted by molar-refractivity contribution is -0.948. The Morgan fingerprint density at radius 1 is 1.08 bits per heavy atom. The van der Waals surface area contributed by atoms with E-state index >= 15 is 0 Å². The van der Waals surface area contributed by atoms with E-state index in [9.17, 15) is 0 Å². The van der Waals surface area contributed by atoms with Crippen molar-refractivity contribution >= 4 is 0 Å². The average molecular weight is 301 g/mol. The second kappa shape index (κ2) is 4.42. The van der Waals surface area contributed by atoms with Crippen molar-refractivity contribution in [2.45, 2.75) is 20.3 Å². The van der Waals surface area contributed by atoms with E-state index in [1.165, 1.54) is 0 Å². The van der Waals surface area contributed by atoms with Gasteiger partial charge in [0.1, 0.15) is 0 Å². The highest BCUT2D eigenvalue weighted by atomic mass is 127. The van der Waals surface area contributed by atoms with E-state index in [0.717, 1.165) is 13.2 Å². The maximum atomic E-state index is 5.61. The summed E-state index contributed by atoms with van der Waals surface area (Å²) in [5, 5.41) is 0. The molecule has 1 fully saturated rings. The molecular formula is C9H20INO2. The minimum Gasteiger partial charge on any atom is -1.00 e. The van der Waals surface area contributed by atoms with Crippen LogP contribution in [-0.2, 0) is 9.47 Å². The van der Waals surface area contributed by atoms with E-state index in [0.29, 0.717) is 4.48 Å². The third-order valence-corrected chi connectivity index (χ3v) is 1.87. The number of rotatable bonds is 1. The van der Waals surface area contributed by atoms with Gasteiger partial charge in [-0.2, -0.15) is 0 Å². The van der Waals surface area contributed by atoms with Crippen molar-refractivity contribution in [2.75, 3.05) is 34.4 Å². The lowest BCUT2D eigenvalue weighted by Crippen LogP contribution is -3.00. The van der Waals surface area contributed by atoms with Crippen LogP contribution < -0.4 is 24.0 Å². The van der Waals surface area contributed by atoms with Gasteiger partial charge in [0.2, 0.25) is 0 Å². The molecule has 0 radical (unpaired) electrons. The SMILES string of the molecule is CC1(C)COC([N+](C)(C)C)OC1.[I-]. The first kappa shape index (κ1) is 13.6. The van der Waals surface area contributed by atoms with Gasteiger partial charge in [0.05, 0.1) is 34.4 Å². The molecule has 0 unspecified atom stereocenters. The van der Waals surface area contributed by atoms with Crippen LogP contribution in [0.25, 0.3) is 0 Å². The molecule has 0 saturated carbocycles. The van der Waals surface area contributed by atoms with Gasteiger partial charge < -0.3 is 33.5 Å². The van der Waals surface area contributed by atoms with Crippen LogP contribution in [-0.4, -0.2) is 45.3 Å². The summed E-state index contributed by atoms with van der Waals surface area (Å²) in [6.45, 7) is 5.87. The highest BCUT2D eigenvalue weighted by Gasteiger charge is 2.35. The number of halogens is 1. The molecular weight excluding hydrogens is 281 g/mol. The predicted octanol–water partition coefficient (Wildman–Crippen LogP) is -1.95. The molecule has 1 heterocycles. The standard InChI is InChI=1S/C9H20NO2.HI/c1-9(2)6-11-8(12-7-9)10(3,4)5;/h8H,6-7H2,1-5H3;1H/q+1;/p-1. The highest BCUT2D eigenvalue weighted by Crippen LogP contribution is 2.25. The zero-order valence-corrected chi connectivity index (χ0v) is 11.3. The summed E-state index contributed by atoms with van der Waals surface area (Å²) in [4.78, 5) is 0. The molecule has 0 aromatic heterocycles. The maximum Gasteiger partial charge on any atom is 0.308 e. The fourth-order valence-corrected chi connectivity index (χ4v) is 1.13. The zero-order chi connectivity index (χ0) is 9.41. The molecule has 1 saturated heterocycles. The number of hydrogen-bond acceptors (Lipinski definition) is 2. The van der Waals surface area contributed by atoms with Crippen molar-refractivity contribution in [1.29, 1.82) is 0 Å². The van der Waals surface area contributed by atoms with Gasteiger partial charge in [-0.15, -0.1) is 0 Å². The van der Waals surface area contributed by atoms with Crippen molar-refractivity contribution in [2.24, 2.45) is 5.41 Å². The van der Waals surface area contributed by atoms with Crippen LogP contribution in [0.2, 0.25) is 0 Å². The maximum absolute atomic E-state index is 5.61. The van der Waals surface area contributed by atoms with Crippen LogP contribution >= 0.6 is 0 Å². The van der Waals surface area contributed by atoms with E-state index in [2.05, 4.69) is 35.0 Å². The smallest absolute Gasteiger partial charge is 0.308 e. The molecule has 4 heteroatoms. The van der Waals surface area contributed by atoms with Gasteiger partial charge in [-0.3, -0.25) is 4.48 Å². The molecule has 0 atom stereocenters. The average Bonchev–Trinajstić information content (AvgIpc) is 1.83. The Balaban J connectivity index is 0.00000144. The molecule has 0 N–H and O–H groups in total. The molecule has 0 aromatic rings. The van der Waals surface area contributed by atoms with Crippen LogP contribution in [0.1, 0.15) is 13.8 Å². The van der Waals surface area contributed by atoms with E-state index in [4.69, 9.17) is 9.47 Å². The van der Waals surface area contributed by atoms with Crippen molar-refractivity contribution in [3.63, 3.8) is 0 Å². The fraction of sp³-hybridized carbons (Fsp3) is 1.00. The fourth-order valence-electron chi connectivity index (χ4n) is 1.13. The lowest BCUT2D eigenvalue weighted by atomic mass is 9.96. The molecule has 13 heavy (non-hydrogen) atoms. The van der Waals surface area contributed by atoms with Crippen molar-refractivity contribution < 1.29 is 37.9 Å². The Morgan fingerprint density at radius 3 is 1.77 bits per heavy atom.